The lowest BCUT2D eigenvalue weighted by atomic mass is 9.95. The molecule has 1 aromatic heterocycles. The molecule has 2 aliphatic rings. The molecule has 26 heavy (non-hydrogen) atoms. The van der Waals surface area contributed by atoms with E-state index in [1.165, 1.54) is 13.3 Å². The first kappa shape index (κ1) is 16.7. The fourth-order valence-electron chi connectivity index (χ4n) is 3.64. The molecule has 2 saturated heterocycles. The van der Waals surface area contributed by atoms with Gasteiger partial charge in [-0.25, -0.2) is 0 Å². The minimum Gasteiger partial charge on any atom is -0.426 e. The molecule has 7 heteroatoms. The summed E-state index contributed by atoms with van der Waals surface area (Å²) < 4.78 is 10.9. The molecule has 4 rings (SSSR count). The van der Waals surface area contributed by atoms with Gasteiger partial charge in [0.15, 0.2) is 0 Å². The molecule has 0 radical (unpaired) electrons. The first-order valence-electron chi connectivity index (χ1n) is 8.79. The minimum atomic E-state index is -0.216. The number of hydrogen-bond acceptors (Lipinski definition) is 5. The van der Waals surface area contributed by atoms with Crippen LogP contribution < -0.4 is 20.7 Å². The second-order valence-electron chi connectivity index (χ2n) is 6.79. The van der Waals surface area contributed by atoms with Gasteiger partial charge >= 0.3 is 0 Å². The SMILES string of the molecule is CC(=O)Nc1ccc(Oc2ccc(C(=O)N[C@@H]3C[C@H]4CC[C@@H]3N4)cc2)o1. The maximum absolute atomic E-state index is 12.4. The molecule has 2 amide bonds. The zero-order chi connectivity index (χ0) is 18.1. The first-order valence-corrected chi connectivity index (χ1v) is 8.79. The molecule has 3 heterocycles. The molecule has 2 aromatic rings. The summed E-state index contributed by atoms with van der Waals surface area (Å²) in [6.45, 7) is 1.40. The Morgan fingerprint density at radius 2 is 1.96 bits per heavy atom. The maximum atomic E-state index is 12.4. The molecule has 7 nitrogen and oxygen atoms in total. The van der Waals surface area contributed by atoms with E-state index in [4.69, 9.17) is 9.15 Å². The van der Waals surface area contributed by atoms with Crippen molar-refractivity contribution in [2.75, 3.05) is 5.32 Å². The number of rotatable bonds is 5. The lowest BCUT2D eigenvalue weighted by Crippen LogP contribution is -2.42. The number of nitrogens with one attached hydrogen (secondary N) is 3. The topological polar surface area (TPSA) is 92.6 Å². The summed E-state index contributed by atoms with van der Waals surface area (Å²) in [4.78, 5) is 23.4. The summed E-state index contributed by atoms with van der Waals surface area (Å²) in [5, 5.41) is 9.17. The zero-order valence-electron chi connectivity index (χ0n) is 14.5. The number of anilines is 1. The summed E-state index contributed by atoms with van der Waals surface area (Å²) in [7, 11) is 0. The Labute approximate surface area is 151 Å². The number of ether oxygens (including phenoxy) is 1. The second kappa shape index (κ2) is 6.84. The third-order valence-electron chi connectivity index (χ3n) is 4.83. The quantitative estimate of drug-likeness (QED) is 0.767. The van der Waals surface area contributed by atoms with E-state index in [0.717, 1.165) is 12.8 Å². The molecule has 1 aromatic carbocycles. The lowest BCUT2D eigenvalue weighted by Gasteiger charge is -2.21. The summed E-state index contributed by atoms with van der Waals surface area (Å²) in [5.41, 5.74) is 0.596. The van der Waals surface area contributed by atoms with Crippen molar-refractivity contribution in [2.24, 2.45) is 0 Å². The Morgan fingerprint density at radius 1 is 1.15 bits per heavy atom. The number of furan rings is 1. The largest absolute Gasteiger partial charge is 0.426 e. The molecular formula is C19H21N3O4. The lowest BCUT2D eigenvalue weighted by molar-refractivity contribution is -0.114. The van der Waals surface area contributed by atoms with Gasteiger partial charge in [-0.2, -0.15) is 0 Å². The Balaban J connectivity index is 1.35. The van der Waals surface area contributed by atoms with Gasteiger partial charge in [0, 0.05) is 42.7 Å². The fraction of sp³-hybridized carbons (Fsp3) is 0.368. The van der Waals surface area contributed by atoms with Crippen LogP contribution in [0.4, 0.5) is 5.88 Å². The predicted octanol–water partition coefficient (Wildman–Crippen LogP) is 2.65. The van der Waals surface area contributed by atoms with E-state index >= 15 is 0 Å². The van der Waals surface area contributed by atoms with E-state index in [1.54, 1.807) is 36.4 Å². The van der Waals surface area contributed by atoms with E-state index in [0.29, 0.717) is 29.3 Å². The van der Waals surface area contributed by atoms with E-state index in [9.17, 15) is 9.59 Å². The monoisotopic (exact) mass is 355 g/mol. The van der Waals surface area contributed by atoms with Crippen LogP contribution in [0.25, 0.3) is 0 Å². The molecule has 0 spiro atoms. The zero-order valence-corrected chi connectivity index (χ0v) is 14.5. The molecule has 0 unspecified atom stereocenters. The summed E-state index contributed by atoms with van der Waals surface area (Å²) >= 11 is 0. The average Bonchev–Trinajstić information content (AvgIpc) is 3.32. The highest BCUT2D eigenvalue weighted by Gasteiger charge is 2.39. The van der Waals surface area contributed by atoms with Crippen LogP contribution in [0.15, 0.2) is 40.8 Å². The van der Waals surface area contributed by atoms with Gasteiger partial charge in [0.05, 0.1) is 0 Å². The third kappa shape index (κ3) is 3.57. The van der Waals surface area contributed by atoms with Crippen LogP contribution in [-0.4, -0.2) is 29.9 Å². The molecule has 2 bridgehead atoms. The van der Waals surface area contributed by atoms with Gasteiger partial charge in [-0.1, -0.05) is 0 Å². The van der Waals surface area contributed by atoms with Crippen molar-refractivity contribution >= 4 is 17.7 Å². The number of fused-ring (bicyclic) bond motifs is 2. The van der Waals surface area contributed by atoms with Crippen LogP contribution in [0, 0.1) is 0 Å². The van der Waals surface area contributed by atoms with Gasteiger partial charge in [0.2, 0.25) is 11.8 Å². The van der Waals surface area contributed by atoms with Gasteiger partial charge in [-0.3, -0.25) is 14.9 Å². The van der Waals surface area contributed by atoms with Gasteiger partial charge in [-0.05, 0) is 43.5 Å². The highest BCUT2D eigenvalue weighted by atomic mass is 16.6. The van der Waals surface area contributed by atoms with Crippen molar-refractivity contribution in [1.29, 1.82) is 0 Å². The van der Waals surface area contributed by atoms with Gasteiger partial charge in [0.1, 0.15) is 5.75 Å². The van der Waals surface area contributed by atoms with Crippen molar-refractivity contribution in [3.05, 3.63) is 42.0 Å². The van der Waals surface area contributed by atoms with Crippen LogP contribution >= 0.6 is 0 Å². The van der Waals surface area contributed by atoms with Crippen molar-refractivity contribution in [1.82, 2.24) is 10.6 Å². The molecular weight excluding hydrogens is 334 g/mol. The van der Waals surface area contributed by atoms with Gasteiger partial charge in [-0.15, -0.1) is 0 Å². The Hall–Kier alpha value is -2.80. The third-order valence-corrected chi connectivity index (χ3v) is 4.83. The number of benzene rings is 1. The molecule has 0 aliphatic carbocycles. The fourth-order valence-corrected chi connectivity index (χ4v) is 3.64. The van der Waals surface area contributed by atoms with Gasteiger partial charge in [0.25, 0.3) is 11.9 Å². The molecule has 136 valence electrons. The van der Waals surface area contributed by atoms with E-state index < -0.39 is 0 Å². The van der Waals surface area contributed by atoms with Crippen molar-refractivity contribution in [3.63, 3.8) is 0 Å². The van der Waals surface area contributed by atoms with E-state index in [2.05, 4.69) is 16.0 Å². The molecule has 2 fully saturated rings. The van der Waals surface area contributed by atoms with Crippen molar-refractivity contribution in [3.8, 4) is 11.7 Å². The van der Waals surface area contributed by atoms with Crippen molar-refractivity contribution < 1.29 is 18.7 Å². The highest BCUT2D eigenvalue weighted by molar-refractivity contribution is 5.94. The van der Waals surface area contributed by atoms with Crippen LogP contribution in [0.1, 0.15) is 36.5 Å². The Kier molecular flexibility index (Phi) is 4.38. The van der Waals surface area contributed by atoms with E-state index in [1.807, 2.05) is 0 Å². The number of carbonyl (C=O) groups excluding carboxylic acids is 2. The molecule has 2 aliphatic heterocycles. The van der Waals surface area contributed by atoms with Crippen LogP contribution in [0.3, 0.4) is 0 Å². The highest BCUT2D eigenvalue weighted by Crippen LogP contribution is 2.29. The number of amides is 2. The van der Waals surface area contributed by atoms with Crippen LogP contribution in [0.5, 0.6) is 11.7 Å². The van der Waals surface area contributed by atoms with E-state index in [-0.39, 0.29) is 23.8 Å². The predicted molar refractivity (Wildman–Crippen MR) is 95.3 cm³/mol. The molecule has 3 atom stereocenters. The summed E-state index contributed by atoms with van der Waals surface area (Å²) in [6, 6.07) is 11.3. The average molecular weight is 355 g/mol. The van der Waals surface area contributed by atoms with Crippen LogP contribution in [0.2, 0.25) is 0 Å². The summed E-state index contributed by atoms with van der Waals surface area (Å²) in [5.74, 6) is 0.850. The maximum Gasteiger partial charge on any atom is 0.291 e. The second-order valence-corrected chi connectivity index (χ2v) is 6.79. The number of hydrogen-bond donors (Lipinski definition) is 3. The standard InChI is InChI=1S/C19H21N3O4/c1-11(23)20-17-8-9-18(26-17)25-14-5-2-12(3-6-14)19(24)22-16-10-13-4-7-15(16)21-13/h2-3,5-6,8-9,13,15-16,21H,4,7,10H2,1H3,(H,20,23)(H,22,24)/t13-,15+,16-/m1/s1. The smallest absolute Gasteiger partial charge is 0.291 e. The number of carbonyl (C=O) groups is 2. The normalized spacial score (nSPS) is 23.7. The first-order chi connectivity index (χ1) is 12.6. The van der Waals surface area contributed by atoms with Crippen molar-refractivity contribution in [2.45, 2.75) is 44.3 Å². The summed E-state index contributed by atoms with van der Waals surface area (Å²) in [6.07, 6.45) is 3.35. The minimum absolute atomic E-state index is 0.0677. The Bertz CT molecular complexity index is 814. The molecule has 3 N–H and O–H groups in total. The Morgan fingerprint density at radius 3 is 2.62 bits per heavy atom. The van der Waals surface area contributed by atoms with Gasteiger partial charge < -0.3 is 19.8 Å². The van der Waals surface area contributed by atoms with Crippen LogP contribution in [-0.2, 0) is 4.79 Å². The molecule has 0 saturated carbocycles.